The van der Waals surface area contributed by atoms with Gasteiger partial charge in [-0.3, -0.25) is 0 Å². The van der Waals surface area contributed by atoms with E-state index in [1.54, 1.807) is 11.3 Å². The normalized spacial score (nSPS) is 13.4. The molecule has 4 N–H and O–H groups in total. The second kappa shape index (κ2) is 3.71. The Bertz CT molecular complexity index is 174. The average Bonchev–Trinajstić information content (AvgIpc) is 2.38. The van der Waals surface area contributed by atoms with E-state index in [0.717, 1.165) is 6.42 Å². The van der Waals surface area contributed by atoms with Crippen molar-refractivity contribution in [2.75, 3.05) is 6.61 Å². The molecule has 0 saturated heterocycles. The summed E-state index contributed by atoms with van der Waals surface area (Å²) in [6.07, 6.45) is 0.764. The van der Waals surface area contributed by atoms with Crippen molar-refractivity contribution in [3.8, 4) is 0 Å². The zero-order valence-corrected chi connectivity index (χ0v) is 6.60. The zero-order valence-electron chi connectivity index (χ0n) is 5.79. The largest absolute Gasteiger partial charge is 0.396 e. The SMILES string of the molecule is [NH3+][C@@H](CCO)c1cccs1. The molecule has 1 atom stereocenters. The molecule has 0 bridgehead atoms. The molecule has 0 aliphatic heterocycles. The van der Waals surface area contributed by atoms with Crippen LogP contribution in [0.4, 0.5) is 0 Å². The van der Waals surface area contributed by atoms with Crippen LogP contribution in [0.25, 0.3) is 0 Å². The van der Waals surface area contributed by atoms with Crippen molar-refractivity contribution in [1.82, 2.24) is 0 Å². The Balaban J connectivity index is 2.50. The third-order valence-electron chi connectivity index (χ3n) is 1.42. The van der Waals surface area contributed by atoms with E-state index in [1.807, 2.05) is 11.4 Å². The Morgan fingerprint density at radius 3 is 3.00 bits per heavy atom. The van der Waals surface area contributed by atoms with Gasteiger partial charge in [-0.15, -0.1) is 11.3 Å². The zero-order chi connectivity index (χ0) is 7.40. The fraction of sp³-hybridized carbons (Fsp3) is 0.429. The molecule has 1 aromatic rings. The smallest absolute Gasteiger partial charge is 0.121 e. The van der Waals surface area contributed by atoms with E-state index in [2.05, 4.69) is 11.8 Å². The summed E-state index contributed by atoms with van der Waals surface area (Å²) in [7, 11) is 0. The number of aliphatic hydroxyl groups is 1. The summed E-state index contributed by atoms with van der Waals surface area (Å²) < 4.78 is 0. The van der Waals surface area contributed by atoms with Crippen LogP contribution < -0.4 is 5.73 Å². The molecule has 0 fully saturated rings. The van der Waals surface area contributed by atoms with Crippen LogP contribution in [0, 0.1) is 0 Å². The standard InChI is InChI=1S/C7H11NOS/c8-6(3-4-9)7-2-1-5-10-7/h1-2,5-6,9H,3-4,8H2/p+1/t6-/m0/s1. The topological polar surface area (TPSA) is 47.9 Å². The molecule has 1 aromatic heterocycles. The minimum absolute atomic E-state index is 0.228. The van der Waals surface area contributed by atoms with E-state index in [4.69, 9.17) is 5.11 Å². The number of quaternary nitrogens is 1. The van der Waals surface area contributed by atoms with Crippen LogP contribution in [0.5, 0.6) is 0 Å². The molecule has 0 spiro atoms. The highest BCUT2D eigenvalue weighted by molar-refractivity contribution is 7.10. The Kier molecular flexibility index (Phi) is 2.86. The molecular weight excluding hydrogens is 146 g/mol. The predicted molar refractivity (Wildman–Crippen MR) is 41.7 cm³/mol. The van der Waals surface area contributed by atoms with Crippen molar-refractivity contribution in [3.05, 3.63) is 22.4 Å². The van der Waals surface area contributed by atoms with Gasteiger partial charge in [0.2, 0.25) is 0 Å². The lowest BCUT2D eigenvalue weighted by Gasteiger charge is -2.01. The summed E-state index contributed by atoms with van der Waals surface area (Å²) in [4.78, 5) is 1.26. The van der Waals surface area contributed by atoms with Gasteiger partial charge < -0.3 is 10.8 Å². The molecule has 3 heteroatoms. The Morgan fingerprint density at radius 2 is 2.50 bits per heavy atom. The first-order valence-corrected chi connectivity index (χ1v) is 4.20. The highest BCUT2D eigenvalue weighted by Gasteiger charge is 2.08. The molecule has 2 nitrogen and oxygen atoms in total. The third-order valence-corrected chi connectivity index (χ3v) is 2.46. The molecule has 0 saturated carbocycles. The average molecular weight is 158 g/mol. The van der Waals surface area contributed by atoms with Crippen LogP contribution in [0.1, 0.15) is 17.3 Å². The highest BCUT2D eigenvalue weighted by Crippen LogP contribution is 2.16. The molecule has 10 heavy (non-hydrogen) atoms. The van der Waals surface area contributed by atoms with Gasteiger partial charge in [0.1, 0.15) is 6.04 Å². The van der Waals surface area contributed by atoms with Gasteiger partial charge in [0.25, 0.3) is 0 Å². The first kappa shape index (κ1) is 7.72. The van der Waals surface area contributed by atoms with Crippen molar-refractivity contribution >= 4 is 11.3 Å². The van der Waals surface area contributed by atoms with Gasteiger partial charge in [-0.1, -0.05) is 6.07 Å². The van der Waals surface area contributed by atoms with Crippen LogP contribution in [-0.2, 0) is 0 Å². The monoisotopic (exact) mass is 158 g/mol. The van der Waals surface area contributed by atoms with Crippen molar-refractivity contribution in [2.24, 2.45) is 0 Å². The quantitative estimate of drug-likeness (QED) is 0.657. The molecule has 0 amide bonds. The van der Waals surface area contributed by atoms with Gasteiger partial charge in [-0.05, 0) is 11.4 Å². The van der Waals surface area contributed by atoms with Gasteiger partial charge in [0.15, 0.2) is 0 Å². The minimum atomic E-state index is 0.228. The molecule has 0 aliphatic rings. The molecule has 1 heterocycles. The van der Waals surface area contributed by atoms with E-state index >= 15 is 0 Å². The lowest BCUT2D eigenvalue weighted by molar-refractivity contribution is -0.427. The minimum Gasteiger partial charge on any atom is -0.396 e. The molecule has 0 aliphatic carbocycles. The lowest BCUT2D eigenvalue weighted by Crippen LogP contribution is -2.53. The maximum absolute atomic E-state index is 8.60. The van der Waals surface area contributed by atoms with Crippen LogP contribution in [0.15, 0.2) is 17.5 Å². The second-order valence-electron chi connectivity index (χ2n) is 2.22. The van der Waals surface area contributed by atoms with Crippen molar-refractivity contribution in [1.29, 1.82) is 0 Å². The molecule has 1 rings (SSSR count). The van der Waals surface area contributed by atoms with Gasteiger partial charge in [0.05, 0.1) is 4.88 Å². The maximum atomic E-state index is 8.60. The predicted octanol–water partition coefficient (Wildman–Crippen LogP) is 0.414. The molecule has 0 radical (unpaired) electrons. The summed E-state index contributed by atoms with van der Waals surface area (Å²) in [6, 6.07) is 4.33. The van der Waals surface area contributed by atoms with Crippen LogP contribution in [0.3, 0.4) is 0 Å². The van der Waals surface area contributed by atoms with Crippen molar-refractivity contribution in [2.45, 2.75) is 12.5 Å². The summed E-state index contributed by atoms with van der Waals surface area (Å²) in [5, 5.41) is 10.6. The number of rotatable bonds is 3. The molecular formula is C7H12NOS+. The fourth-order valence-corrected chi connectivity index (χ4v) is 1.60. The lowest BCUT2D eigenvalue weighted by atomic mass is 10.2. The summed E-state index contributed by atoms with van der Waals surface area (Å²) in [6.45, 7) is 0.228. The molecule has 0 aromatic carbocycles. The number of hydrogen-bond acceptors (Lipinski definition) is 2. The van der Waals surface area contributed by atoms with Gasteiger partial charge >= 0.3 is 0 Å². The Labute approximate surface area is 64.3 Å². The van der Waals surface area contributed by atoms with Gasteiger partial charge in [-0.25, -0.2) is 0 Å². The van der Waals surface area contributed by atoms with E-state index in [-0.39, 0.29) is 12.6 Å². The Morgan fingerprint density at radius 1 is 1.70 bits per heavy atom. The first-order valence-electron chi connectivity index (χ1n) is 3.32. The highest BCUT2D eigenvalue weighted by atomic mass is 32.1. The number of thiophene rings is 1. The van der Waals surface area contributed by atoms with Gasteiger partial charge in [-0.2, -0.15) is 0 Å². The summed E-state index contributed by atoms with van der Waals surface area (Å²) in [5.74, 6) is 0. The van der Waals surface area contributed by atoms with Crippen molar-refractivity contribution in [3.63, 3.8) is 0 Å². The van der Waals surface area contributed by atoms with E-state index in [0.29, 0.717) is 0 Å². The van der Waals surface area contributed by atoms with Crippen molar-refractivity contribution < 1.29 is 10.8 Å². The van der Waals surface area contributed by atoms with Gasteiger partial charge in [0, 0.05) is 13.0 Å². The maximum Gasteiger partial charge on any atom is 0.121 e. The van der Waals surface area contributed by atoms with E-state index in [1.165, 1.54) is 4.88 Å². The molecule has 56 valence electrons. The van der Waals surface area contributed by atoms with E-state index < -0.39 is 0 Å². The molecule has 0 unspecified atom stereocenters. The fourth-order valence-electron chi connectivity index (χ4n) is 0.822. The number of hydrogen-bond donors (Lipinski definition) is 2. The first-order chi connectivity index (χ1) is 4.84. The second-order valence-corrected chi connectivity index (χ2v) is 3.20. The Hall–Kier alpha value is -0.380. The van der Waals surface area contributed by atoms with Crippen LogP contribution in [-0.4, -0.2) is 11.7 Å². The summed E-state index contributed by atoms with van der Waals surface area (Å²) >= 11 is 1.70. The van der Waals surface area contributed by atoms with Crippen LogP contribution in [0.2, 0.25) is 0 Å². The number of aliphatic hydroxyl groups excluding tert-OH is 1. The third kappa shape index (κ3) is 1.80. The van der Waals surface area contributed by atoms with E-state index in [9.17, 15) is 0 Å². The summed E-state index contributed by atoms with van der Waals surface area (Å²) in [5.41, 5.74) is 3.92. The van der Waals surface area contributed by atoms with Crippen LogP contribution >= 0.6 is 11.3 Å².